The minimum absolute atomic E-state index is 0.236. The van der Waals surface area contributed by atoms with E-state index in [1.165, 1.54) is 0 Å². The molecule has 0 aliphatic carbocycles. The number of nitrogens with zero attached hydrogens (tertiary/aromatic N) is 1. The van der Waals surface area contributed by atoms with E-state index in [0.717, 1.165) is 10.5 Å². The van der Waals surface area contributed by atoms with Gasteiger partial charge in [-0.2, -0.15) is 0 Å². The molecule has 1 aromatic rings. The molecule has 0 saturated carbocycles. The first-order chi connectivity index (χ1) is 8.54. The predicted molar refractivity (Wildman–Crippen MR) is 66.7 cm³/mol. The van der Waals surface area contributed by atoms with E-state index < -0.39 is 18.6 Å². The van der Waals surface area contributed by atoms with E-state index in [-0.39, 0.29) is 12.3 Å². The summed E-state index contributed by atoms with van der Waals surface area (Å²) in [6, 6.07) is 3.91. The van der Waals surface area contributed by atoms with Crippen LogP contribution in [-0.2, 0) is 16.0 Å². The number of amides is 2. The predicted octanol–water partition coefficient (Wildman–Crippen LogP) is -0.606. The smallest absolute Gasteiger partial charge is 0.253 e. The highest BCUT2D eigenvalue weighted by molar-refractivity contribution is 6.18. The number of imide groups is 1. The highest BCUT2D eigenvalue weighted by Gasteiger charge is 2.32. The van der Waals surface area contributed by atoms with Crippen LogP contribution >= 0.6 is 0 Å². The van der Waals surface area contributed by atoms with Crippen molar-refractivity contribution in [2.24, 2.45) is 5.73 Å². The van der Waals surface area contributed by atoms with E-state index in [2.05, 4.69) is 0 Å². The molecule has 0 fully saturated rings. The summed E-state index contributed by atoms with van der Waals surface area (Å²) in [6.45, 7) is -0.493. The summed E-state index contributed by atoms with van der Waals surface area (Å²) in [5.74, 6) is -0.894. The first-order valence-electron chi connectivity index (χ1n) is 5.66. The minimum atomic E-state index is -1.09. The Balaban J connectivity index is 2.42. The van der Waals surface area contributed by atoms with Crippen molar-refractivity contribution < 1.29 is 14.7 Å². The van der Waals surface area contributed by atoms with Crippen LogP contribution in [0.3, 0.4) is 0 Å². The maximum absolute atomic E-state index is 12.0. The zero-order chi connectivity index (χ0) is 13.3. The van der Waals surface area contributed by atoms with Crippen LogP contribution in [0.15, 0.2) is 18.2 Å². The fourth-order valence-electron chi connectivity index (χ4n) is 2.00. The maximum atomic E-state index is 12.0. The first kappa shape index (κ1) is 12.5. The number of hydrogen-bond donors (Lipinski definition) is 3. The summed E-state index contributed by atoms with van der Waals surface area (Å²) in [5.41, 5.74) is 13.1. The molecule has 5 N–H and O–H groups in total. The van der Waals surface area contributed by atoms with Crippen LogP contribution in [-0.4, -0.2) is 29.6 Å². The van der Waals surface area contributed by atoms with Gasteiger partial charge in [-0.05, 0) is 30.2 Å². The van der Waals surface area contributed by atoms with E-state index in [9.17, 15) is 9.59 Å². The third-order valence-corrected chi connectivity index (χ3v) is 2.94. The molecule has 0 bridgehead atoms. The normalized spacial score (nSPS) is 16.3. The standard InChI is InChI=1S/C12H15N3O3/c13-8-2-3-10-7(5-8)1-4-11(17)15(10)12(18)9(14)6-16/h2-3,5,9,16H,1,4,6,13-14H2. The number of aliphatic hydroxyl groups is 1. The summed E-state index contributed by atoms with van der Waals surface area (Å²) in [4.78, 5) is 24.9. The topological polar surface area (TPSA) is 110 Å². The van der Waals surface area contributed by atoms with Gasteiger partial charge >= 0.3 is 0 Å². The molecule has 1 heterocycles. The third-order valence-electron chi connectivity index (χ3n) is 2.94. The van der Waals surface area contributed by atoms with Gasteiger partial charge in [0.15, 0.2) is 0 Å². The molecule has 1 aromatic carbocycles. The average Bonchev–Trinajstić information content (AvgIpc) is 2.37. The molecule has 0 radical (unpaired) electrons. The number of nitrogens with two attached hydrogens (primary N) is 2. The number of nitrogen functional groups attached to an aromatic ring is 1. The zero-order valence-corrected chi connectivity index (χ0v) is 9.80. The average molecular weight is 249 g/mol. The van der Waals surface area contributed by atoms with Crippen molar-refractivity contribution in [3.63, 3.8) is 0 Å². The molecular weight excluding hydrogens is 234 g/mol. The van der Waals surface area contributed by atoms with Gasteiger partial charge in [-0.3, -0.25) is 9.59 Å². The fraction of sp³-hybridized carbons (Fsp3) is 0.333. The SMILES string of the molecule is Nc1ccc2c(c1)CCC(=O)N2C(=O)C(N)CO. The van der Waals surface area contributed by atoms with Crippen molar-refractivity contribution in [3.8, 4) is 0 Å². The molecular formula is C12H15N3O3. The summed E-state index contributed by atoms with van der Waals surface area (Å²) in [7, 11) is 0. The van der Waals surface area contributed by atoms with E-state index in [1.54, 1.807) is 18.2 Å². The molecule has 96 valence electrons. The Labute approximate surface area is 104 Å². The van der Waals surface area contributed by atoms with Gasteiger partial charge in [0, 0.05) is 12.1 Å². The molecule has 6 heteroatoms. The molecule has 0 spiro atoms. The van der Waals surface area contributed by atoms with Gasteiger partial charge in [-0.1, -0.05) is 0 Å². The largest absolute Gasteiger partial charge is 0.399 e. The van der Waals surface area contributed by atoms with E-state index >= 15 is 0 Å². The van der Waals surface area contributed by atoms with E-state index in [1.807, 2.05) is 0 Å². The molecule has 2 rings (SSSR count). The quantitative estimate of drug-likeness (QED) is 0.606. The Kier molecular flexibility index (Phi) is 3.31. The second-order valence-corrected chi connectivity index (χ2v) is 4.24. The van der Waals surface area contributed by atoms with Gasteiger partial charge in [0.1, 0.15) is 6.04 Å². The lowest BCUT2D eigenvalue weighted by molar-refractivity contribution is -0.128. The number of carbonyl (C=O) groups is 2. The van der Waals surface area contributed by atoms with Gasteiger partial charge in [-0.15, -0.1) is 0 Å². The van der Waals surface area contributed by atoms with Crippen LogP contribution in [0, 0.1) is 0 Å². The second kappa shape index (κ2) is 4.75. The van der Waals surface area contributed by atoms with Gasteiger partial charge in [-0.25, -0.2) is 4.90 Å². The van der Waals surface area contributed by atoms with Gasteiger partial charge in [0.2, 0.25) is 5.91 Å². The van der Waals surface area contributed by atoms with Crippen molar-refractivity contribution in [2.75, 3.05) is 17.2 Å². The zero-order valence-electron chi connectivity index (χ0n) is 9.80. The lowest BCUT2D eigenvalue weighted by atomic mass is 9.99. The van der Waals surface area contributed by atoms with Crippen molar-refractivity contribution in [2.45, 2.75) is 18.9 Å². The van der Waals surface area contributed by atoms with Crippen LogP contribution in [0.5, 0.6) is 0 Å². The lowest BCUT2D eigenvalue weighted by Crippen LogP contribution is -2.50. The highest BCUT2D eigenvalue weighted by atomic mass is 16.3. The molecule has 2 amide bonds. The molecule has 0 saturated heterocycles. The summed E-state index contributed by atoms with van der Waals surface area (Å²) < 4.78 is 0. The first-order valence-corrected chi connectivity index (χ1v) is 5.66. The maximum Gasteiger partial charge on any atom is 0.253 e. The summed E-state index contributed by atoms with van der Waals surface area (Å²) >= 11 is 0. The summed E-state index contributed by atoms with van der Waals surface area (Å²) in [5, 5.41) is 8.91. The van der Waals surface area contributed by atoms with Gasteiger partial charge in [0.05, 0.1) is 12.3 Å². The van der Waals surface area contributed by atoms with Crippen LogP contribution in [0.25, 0.3) is 0 Å². The van der Waals surface area contributed by atoms with Crippen LogP contribution in [0.4, 0.5) is 11.4 Å². The second-order valence-electron chi connectivity index (χ2n) is 4.24. The molecule has 0 aromatic heterocycles. The van der Waals surface area contributed by atoms with Crippen LogP contribution < -0.4 is 16.4 Å². The number of benzene rings is 1. The Morgan fingerprint density at radius 2 is 2.17 bits per heavy atom. The van der Waals surface area contributed by atoms with Gasteiger partial charge < -0.3 is 16.6 Å². The number of aryl methyl sites for hydroxylation is 1. The van der Waals surface area contributed by atoms with Crippen LogP contribution in [0.1, 0.15) is 12.0 Å². The number of hydrogen-bond acceptors (Lipinski definition) is 5. The third kappa shape index (κ3) is 2.07. The molecule has 1 atom stereocenters. The molecule has 1 unspecified atom stereocenters. The molecule has 1 aliphatic rings. The fourth-order valence-corrected chi connectivity index (χ4v) is 2.00. The lowest BCUT2D eigenvalue weighted by Gasteiger charge is -2.29. The van der Waals surface area contributed by atoms with Crippen molar-refractivity contribution in [3.05, 3.63) is 23.8 Å². The Morgan fingerprint density at radius 1 is 1.44 bits per heavy atom. The number of carbonyl (C=O) groups excluding carboxylic acids is 2. The van der Waals surface area contributed by atoms with Crippen molar-refractivity contribution in [1.82, 2.24) is 0 Å². The van der Waals surface area contributed by atoms with E-state index in [4.69, 9.17) is 16.6 Å². The van der Waals surface area contributed by atoms with Crippen molar-refractivity contribution >= 4 is 23.2 Å². The Bertz CT molecular complexity index is 501. The Hall–Kier alpha value is -1.92. The molecule has 1 aliphatic heterocycles. The Morgan fingerprint density at radius 3 is 2.83 bits per heavy atom. The van der Waals surface area contributed by atoms with Gasteiger partial charge in [0.25, 0.3) is 5.91 Å². The minimum Gasteiger partial charge on any atom is -0.399 e. The number of rotatable bonds is 2. The van der Waals surface area contributed by atoms with Crippen molar-refractivity contribution in [1.29, 1.82) is 0 Å². The van der Waals surface area contributed by atoms with E-state index in [0.29, 0.717) is 17.8 Å². The number of fused-ring (bicyclic) bond motifs is 1. The van der Waals surface area contributed by atoms with Crippen LogP contribution in [0.2, 0.25) is 0 Å². The number of anilines is 2. The summed E-state index contributed by atoms with van der Waals surface area (Å²) in [6.07, 6.45) is 0.789. The molecule has 18 heavy (non-hydrogen) atoms. The number of aliphatic hydroxyl groups excluding tert-OH is 1. The highest BCUT2D eigenvalue weighted by Crippen LogP contribution is 2.29. The monoisotopic (exact) mass is 249 g/mol. The molecule has 6 nitrogen and oxygen atoms in total.